The van der Waals surface area contributed by atoms with Gasteiger partial charge in [0.25, 0.3) is 0 Å². The van der Waals surface area contributed by atoms with Gasteiger partial charge < -0.3 is 10.2 Å². The molecule has 2 unspecified atom stereocenters. The van der Waals surface area contributed by atoms with Gasteiger partial charge in [0.05, 0.1) is 0 Å². The van der Waals surface area contributed by atoms with Crippen molar-refractivity contribution in [2.75, 3.05) is 26.7 Å². The molecule has 0 saturated carbocycles. The maximum absolute atomic E-state index is 3.85. The monoisotopic (exact) mass is 238 g/mol. The molecule has 100 valence electrons. The molecular formula is C15H30N2. The normalized spacial score (nSPS) is 35.6. The van der Waals surface area contributed by atoms with E-state index in [2.05, 4.69) is 31.1 Å². The van der Waals surface area contributed by atoms with Gasteiger partial charge in [-0.15, -0.1) is 0 Å². The molecular weight excluding hydrogens is 208 g/mol. The molecule has 0 aromatic carbocycles. The van der Waals surface area contributed by atoms with Crippen LogP contribution in [0, 0.1) is 11.8 Å². The molecule has 2 nitrogen and oxygen atoms in total. The van der Waals surface area contributed by atoms with Crippen LogP contribution >= 0.6 is 0 Å². The SMILES string of the molecule is CC(C)C1(CCC2CCN(C)C2)CCCCN1. The molecule has 0 radical (unpaired) electrons. The van der Waals surface area contributed by atoms with Crippen molar-refractivity contribution in [1.82, 2.24) is 10.2 Å². The van der Waals surface area contributed by atoms with E-state index < -0.39 is 0 Å². The molecule has 1 N–H and O–H groups in total. The summed E-state index contributed by atoms with van der Waals surface area (Å²) >= 11 is 0. The van der Waals surface area contributed by atoms with Crippen molar-refractivity contribution < 1.29 is 0 Å². The van der Waals surface area contributed by atoms with Gasteiger partial charge in [-0.05, 0) is 64.1 Å². The third-order valence-corrected chi connectivity index (χ3v) is 5.12. The van der Waals surface area contributed by atoms with E-state index in [-0.39, 0.29) is 0 Å². The molecule has 0 spiro atoms. The summed E-state index contributed by atoms with van der Waals surface area (Å²) < 4.78 is 0. The van der Waals surface area contributed by atoms with Crippen molar-refractivity contribution in [2.24, 2.45) is 11.8 Å². The van der Waals surface area contributed by atoms with Gasteiger partial charge in [-0.25, -0.2) is 0 Å². The molecule has 17 heavy (non-hydrogen) atoms. The minimum absolute atomic E-state index is 0.458. The van der Waals surface area contributed by atoms with Crippen molar-refractivity contribution in [2.45, 2.75) is 57.9 Å². The van der Waals surface area contributed by atoms with Crippen molar-refractivity contribution in [3.05, 3.63) is 0 Å². The van der Waals surface area contributed by atoms with Gasteiger partial charge in [0.1, 0.15) is 0 Å². The Labute approximate surface area is 107 Å². The summed E-state index contributed by atoms with van der Waals surface area (Å²) in [6.45, 7) is 8.68. The van der Waals surface area contributed by atoms with E-state index in [0.29, 0.717) is 5.54 Å². The molecule has 2 heteroatoms. The minimum atomic E-state index is 0.458. The lowest BCUT2D eigenvalue weighted by Gasteiger charge is -2.43. The first-order chi connectivity index (χ1) is 8.12. The van der Waals surface area contributed by atoms with Crippen molar-refractivity contribution in [3.8, 4) is 0 Å². The summed E-state index contributed by atoms with van der Waals surface area (Å²) in [4.78, 5) is 2.49. The third kappa shape index (κ3) is 3.23. The molecule has 2 saturated heterocycles. The highest BCUT2D eigenvalue weighted by Crippen LogP contribution is 2.34. The first-order valence-electron chi connectivity index (χ1n) is 7.56. The van der Waals surface area contributed by atoms with Gasteiger partial charge >= 0.3 is 0 Å². The van der Waals surface area contributed by atoms with E-state index in [1.165, 1.54) is 58.2 Å². The first kappa shape index (κ1) is 13.4. The fraction of sp³-hybridized carbons (Fsp3) is 1.00. The molecule has 0 aliphatic carbocycles. The van der Waals surface area contributed by atoms with Gasteiger partial charge in [-0.1, -0.05) is 20.3 Å². The smallest absolute Gasteiger partial charge is 0.0204 e. The highest BCUT2D eigenvalue weighted by Gasteiger charge is 2.35. The van der Waals surface area contributed by atoms with E-state index in [9.17, 15) is 0 Å². The summed E-state index contributed by atoms with van der Waals surface area (Å²) in [5, 5.41) is 3.85. The lowest BCUT2D eigenvalue weighted by molar-refractivity contribution is 0.158. The topological polar surface area (TPSA) is 15.3 Å². The Balaban J connectivity index is 1.85. The molecule has 0 aromatic rings. The van der Waals surface area contributed by atoms with Crippen LogP contribution in [0.1, 0.15) is 52.4 Å². The number of nitrogens with one attached hydrogen (secondary N) is 1. The summed E-state index contributed by atoms with van der Waals surface area (Å²) in [7, 11) is 2.26. The molecule has 0 bridgehead atoms. The average molecular weight is 238 g/mol. The lowest BCUT2D eigenvalue weighted by atomic mass is 9.75. The summed E-state index contributed by atoms with van der Waals surface area (Å²) in [6.07, 6.45) is 8.44. The van der Waals surface area contributed by atoms with Crippen LogP contribution in [0.25, 0.3) is 0 Å². The van der Waals surface area contributed by atoms with Crippen LogP contribution in [0.4, 0.5) is 0 Å². The molecule has 2 fully saturated rings. The highest BCUT2D eigenvalue weighted by molar-refractivity contribution is 4.94. The second-order valence-corrected chi connectivity index (χ2v) is 6.65. The standard InChI is InChI=1S/C15H30N2/c1-13(2)15(8-4-5-10-16-15)9-6-14-7-11-17(3)12-14/h13-14,16H,4-12H2,1-3H3. The zero-order valence-electron chi connectivity index (χ0n) is 12.0. The second kappa shape index (κ2) is 5.71. The Morgan fingerprint density at radius 1 is 1.35 bits per heavy atom. The van der Waals surface area contributed by atoms with Gasteiger partial charge in [0.15, 0.2) is 0 Å². The van der Waals surface area contributed by atoms with Crippen LogP contribution in [0.5, 0.6) is 0 Å². The van der Waals surface area contributed by atoms with Crippen molar-refractivity contribution in [1.29, 1.82) is 0 Å². The number of hydrogen-bond donors (Lipinski definition) is 1. The number of likely N-dealkylation sites (tertiary alicyclic amines) is 1. The summed E-state index contributed by atoms with van der Waals surface area (Å²) in [6, 6.07) is 0. The predicted octanol–water partition coefficient (Wildman–Crippen LogP) is 2.89. The number of rotatable bonds is 4. The minimum Gasteiger partial charge on any atom is -0.311 e. The average Bonchev–Trinajstić information content (AvgIpc) is 2.74. The van der Waals surface area contributed by atoms with Crippen molar-refractivity contribution in [3.63, 3.8) is 0 Å². The Hall–Kier alpha value is -0.0800. The van der Waals surface area contributed by atoms with E-state index in [1.54, 1.807) is 0 Å². The van der Waals surface area contributed by atoms with Gasteiger partial charge in [0.2, 0.25) is 0 Å². The fourth-order valence-electron chi connectivity index (χ4n) is 3.71. The number of piperidine rings is 1. The largest absolute Gasteiger partial charge is 0.311 e. The van der Waals surface area contributed by atoms with Crippen LogP contribution in [0.3, 0.4) is 0 Å². The quantitative estimate of drug-likeness (QED) is 0.810. The molecule has 0 amide bonds. The van der Waals surface area contributed by atoms with Crippen LogP contribution in [-0.2, 0) is 0 Å². The van der Waals surface area contributed by atoms with E-state index in [4.69, 9.17) is 0 Å². The Bertz CT molecular complexity index is 231. The lowest BCUT2D eigenvalue weighted by Crippen LogP contribution is -2.52. The summed E-state index contributed by atoms with van der Waals surface area (Å²) in [5.41, 5.74) is 0.458. The molecule has 2 aliphatic rings. The van der Waals surface area contributed by atoms with Gasteiger partial charge in [-0.3, -0.25) is 0 Å². The van der Waals surface area contributed by atoms with Crippen LogP contribution in [-0.4, -0.2) is 37.1 Å². The van der Waals surface area contributed by atoms with Crippen molar-refractivity contribution >= 4 is 0 Å². The van der Waals surface area contributed by atoms with E-state index in [1.807, 2.05) is 0 Å². The molecule has 2 atom stereocenters. The molecule has 2 aliphatic heterocycles. The number of hydrogen-bond acceptors (Lipinski definition) is 2. The fourth-order valence-corrected chi connectivity index (χ4v) is 3.71. The Morgan fingerprint density at radius 3 is 2.71 bits per heavy atom. The molecule has 2 rings (SSSR count). The molecule has 2 heterocycles. The second-order valence-electron chi connectivity index (χ2n) is 6.65. The van der Waals surface area contributed by atoms with Crippen LogP contribution in [0.15, 0.2) is 0 Å². The highest BCUT2D eigenvalue weighted by atomic mass is 15.1. The van der Waals surface area contributed by atoms with Gasteiger partial charge in [-0.2, -0.15) is 0 Å². The first-order valence-corrected chi connectivity index (χ1v) is 7.56. The maximum atomic E-state index is 3.85. The molecule has 0 aromatic heterocycles. The summed E-state index contributed by atoms with van der Waals surface area (Å²) in [5.74, 6) is 1.74. The van der Waals surface area contributed by atoms with Crippen LogP contribution < -0.4 is 5.32 Å². The predicted molar refractivity (Wildman–Crippen MR) is 74.3 cm³/mol. The Morgan fingerprint density at radius 2 is 2.18 bits per heavy atom. The zero-order valence-corrected chi connectivity index (χ0v) is 12.0. The Kier molecular flexibility index (Phi) is 4.48. The number of nitrogens with zero attached hydrogens (tertiary/aromatic N) is 1. The zero-order chi connectivity index (χ0) is 12.3. The maximum Gasteiger partial charge on any atom is 0.0204 e. The van der Waals surface area contributed by atoms with Crippen LogP contribution in [0.2, 0.25) is 0 Å². The van der Waals surface area contributed by atoms with Gasteiger partial charge in [0, 0.05) is 12.1 Å². The van der Waals surface area contributed by atoms with E-state index in [0.717, 1.165) is 11.8 Å². The third-order valence-electron chi connectivity index (χ3n) is 5.12. The van der Waals surface area contributed by atoms with E-state index >= 15 is 0 Å².